The topological polar surface area (TPSA) is 13.1 Å². The molecule has 11 aromatic rings. The van der Waals surface area contributed by atoms with Crippen LogP contribution in [0.3, 0.4) is 0 Å². The van der Waals surface area contributed by atoms with Gasteiger partial charge in [0.1, 0.15) is 11.2 Å². The SMILES string of the molecule is CC1(C)c2cccc(-c3cccc(-c4c5ccccc5c(-c5ccccc5-c5ccc6oc7ccccc7c6c5)c5ccccc45)c3)c2-c2c1ccc1ccccc21. The van der Waals surface area contributed by atoms with Crippen LogP contribution in [0.5, 0.6) is 0 Å². The first-order valence-corrected chi connectivity index (χ1v) is 20.3. The van der Waals surface area contributed by atoms with Crippen molar-refractivity contribution in [1.29, 1.82) is 0 Å². The molecule has 1 heterocycles. The summed E-state index contributed by atoms with van der Waals surface area (Å²) in [6.45, 7) is 4.75. The standard InChI is InChI=1S/C57H38O/c1-57(2)49-27-14-26-41(56(49)55-40-19-4-3-15-35(40)29-31-50(55)57)36-16-13-17-38(33-36)53-44-22-7-9-24-46(44)54(47-25-10-8-23-45(47)53)43-21-6-5-18-39(43)37-30-32-52-48(34-37)42-20-11-12-28-51(42)58-52/h3-34H,1-2H3. The van der Waals surface area contributed by atoms with Crippen LogP contribution in [0.2, 0.25) is 0 Å². The summed E-state index contributed by atoms with van der Waals surface area (Å²) in [5.41, 5.74) is 17.1. The third kappa shape index (κ3) is 4.71. The van der Waals surface area contributed by atoms with Crippen LogP contribution >= 0.6 is 0 Å². The summed E-state index contributed by atoms with van der Waals surface area (Å²) < 4.78 is 6.23. The Labute approximate surface area is 337 Å². The number of fused-ring (bicyclic) bond motifs is 10. The van der Waals surface area contributed by atoms with Gasteiger partial charge < -0.3 is 4.42 Å². The lowest BCUT2D eigenvalue weighted by Gasteiger charge is -2.22. The fourth-order valence-electron chi connectivity index (χ4n) is 10.2. The Morgan fingerprint density at radius 2 is 0.862 bits per heavy atom. The minimum absolute atomic E-state index is 0.0983. The van der Waals surface area contributed by atoms with Gasteiger partial charge in [-0.15, -0.1) is 0 Å². The number of para-hydroxylation sites is 1. The molecule has 272 valence electrons. The lowest BCUT2D eigenvalue weighted by Crippen LogP contribution is -2.14. The zero-order chi connectivity index (χ0) is 38.5. The third-order valence-electron chi connectivity index (χ3n) is 12.9. The van der Waals surface area contributed by atoms with Gasteiger partial charge in [-0.25, -0.2) is 0 Å². The molecule has 0 fully saturated rings. The van der Waals surface area contributed by atoms with Crippen molar-refractivity contribution in [3.63, 3.8) is 0 Å². The first-order valence-electron chi connectivity index (χ1n) is 20.3. The molecule has 0 amide bonds. The monoisotopic (exact) mass is 738 g/mol. The largest absolute Gasteiger partial charge is 0.456 e. The zero-order valence-electron chi connectivity index (χ0n) is 32.4. The van der Waals surface area contributed by atoms with Crippen molar-refractivity contribution >= 4 is 54.3 Å². The van der Waals surface area contributed by atoms with Crippen LogP contribution in [-0.4, -0.2) is 0 Å². The average Bonchev–Trinajstić information content (AvgIpc) is 3.77. The molecule has 0 aliphatic heterocycles. The molecular weight excluding hydrogens is 701 g/mol. The molecule has 0 unspecified atom stereocenters. The minimum Gasteiger partial charge on any atom is -0.456 e. The minimum atomic E-state index is -0.0983. The molecule has 0 N–H and O–H groups in total. The van der Waals surface area contributed by atoms with Gasteiger partial charge in [0.25, 0.3) is 0 Å². The molecule has 0 radical (unpaired) electrons. The highest BCUT2D eigenvalue weighted by molar-refractivity contribution is 6.23. The third-order valence-corrected chi connectivity index (χ3v) is 12.9. The Kier molecular flexibility index (Phi) is 7.04. The van der Waals surface area contributed by atoms with E-state index in [0.29, 0.717) is 0 Å². The number of hydrogen-bond donors (Lipinski definition) is 0. The van der Waals surface area contributed by atoms with Crippen molar-refractivity contribution in [3.8, 4) is 55.6 Å². The fourth-order valence-corrected chi connectivity index (χ4v) is 10.2. The van der Waals surface area contributed by atoms with E-state index in [9.17, 15) is 0 Å². The molecule has 1 nitrogen and oxygen atoms in total. The van der Waals surface area contributed by atoms with Gasteiger partial charge in [0.2, 0.25) is 0 Å². The number of furan rings is 1. The maximum absolute atomic E-state index is 6.23. The van der Waals surface area contributed by atoms with E-state index < -0.39 is 0 Å². The van der Waals surface area contributed by atoms with Gasteiger partial charge >= 0.3 is 0 Å². The normalized spacial score (nSPS) is 13.1. The van der Waals surface area contributed by atoms with Gasteiger partial charge in [-0.2, -0.15) is 0 Å². The van der Waals surface area contributed by atoms with E-state index in [1.807, 2.05) is 12.1 Å². The Hall–Kier alpha value is -7.22. The Balaban J connectivity index is 1.08. The van der Waals surface area contributed by atoms with Crippen molar-refractivity contribution < 1.29 is 4.42 Å². The molecule has 1 heteroatoms. The average molecular weight is 739 g/mol. The maximum Gasteiger partial charge on any atom is 0.135 e. The summed E-state index contributed by atoms with van der Waals surface area (Å²) in [6.07, 6.45) is 0. The van der Waals surface area contributed by atoms with Crippen LogP contribution in [0.1, 0.15) is 25.0 Å². The van der Waals surface area contributed by atoms with E-state index >= 15 is 0 Å². The predicted molar refractivity (Wildman–Crippen MR) is 246 cm³/mol. The predicted octanol–water partition coefficient (Wildman–Crippen LogP) is 16.0. The number of hydrogen-bond acceptors (Lipinski definition) is 1. The second-order valence-corrected chi connectivity index (χ2v) is 16.3. The van der Waals surface area contributed by atoms with Gasteiger partial charge in [0, 0.05) is 16.2 Å². The molecule has 0 saturated heterocycles. The molecule has 0 saturated carbocycles. The van der Waals surface area contributed by atoms with Crippen LogP contribution < -0.4 is 0 Å². The van der Waals surface area contributed by atoms with Crippen LogP contribution in [0.4, 0.5) is 0 Å². The molecule has 1 aromatic heterocycles. The smallest absolute Gasteiger partial charge is 0.135 e. The summed E-state index contributed by atoms with van der Waals surface area (Å²) in [5.74, 6) is 0. The van der Waals surface area contributed by atoms with Crippen LogP contribution in [-0.2, 0) is 5.41 Å². The van der Waals surface area contributed by atoms with Gasteiger partial charge in [0.15, 0.2) is 0 Å². The van der Waals surface area contributed by atoms with E-state index in [-0.39, 0.29) is 5.41 Å². The molecule has 1 aliphatic rings. The molecule has 0 atom stereocenters. The first kappa shape index (κ1) is 33.0. The van der Waals surface area contributed by atoms with Gasteiger partial charge in [-0.3, -0.25) is 0 Å². The summed E-state index contributed by atoms with van der Waals surface area (Å²) in [5, 5.41) is 9.85. The zero-order valence-corrected chi connectivity index (χ0v) is 32.4. The second-order valence-electron chi connectivity index (χ2n) is 16.3. The van der Waals surface area contributed by atoms with E-state index in [0.717, 1.165) is 21.9 Å². The van der Waals surface area contributed by atoms with Crippen LogP contribution in [0.15, 0.2) is 199 Å². The van der Waals surface area contributed by atoms with Crippen molar-refractivity contribution in [2.45, 2.75) is 19.3 Å². The quantitative estimate of drug-likeness (QED) is 0.164. The van der Waals surface area contributed by atoms with Gasteiger partial charge in [0.05, 0.1) is 0 Å². The molecule has 10 aromatic carbocycles. The highest BCUT2D eigenvalue weighted by atomic mass is 16.3. The molecule has 12 rings (SSSR count). The van der Waals surface area contributed by atoms with Crippen molar-refractivity contribution in [1.82, 2.24) is 0 Å². The fraction of sp³-hybridized carbons (Fsp3) is 0.0526. The van der Waals surface area contributed by atoms with E-state index in [1.165, 1.54) is 99.1 Å². The summed E-state index contributed by atoms with van der Waals surface area (Å²) in [4.78, 5) is 0. The molecular formula is C57H38O. The Morgan fingerprint density at radius 1 is 0.310 bits per heavy atom. The van der Waals surface area contributed by atoms with E-state index in [1.54, 1.807) is 0 Å². The molecule has 58 heavy (non-hydrogen) atoms. The lowest BCUT2D eigenvalue weighted by atomic mass is 9.81. The highest BCUT2D eigenvalue weighted by Gasteiger charge is 2.38. The number of rotatable bonds is 4. The summed E-state index contributed by atoms with van der Waals surface area (Å²) >= 11 is 0. The number of benzene rings is 10. The van der Waals surface area contributed by atoms with Gasteiger partial charge in [-0.1, -0.05) is 184 Å². The molecule has 0 bridgehead atoms. The van der Waals surface area contributed by atoms with Gasteiger partial charge in [-0.05, 0) is 123 Å². The summed E-state index contributed by atoms with van der Waals surface area (Å²) in [7, 11) is 0. The Bertz CT molecular complexity index is 3430. The highest BCUT2D eigenvalue weighted by Crippen LogP contribution is 2.55. The maximum atomic E-state index is 6.23. The van der Waals surface area contributed by atoms with Crippen LogP contribution in [0, 0.1) is 0 Å². The van der Waals surface area contributed by atoms with E-state index in [2.05, 4.69) is 196 Å². The summed E-state index contributed by atoms with van der Waals surface area (Å²) in [6, 6.07) is 71.5. The molecule has 0 spiro atoms. The van der Waals surface area contributed by atoms with Crippen molar-refractivity contribution in [2.24, 2.45) is 0 Å². The van der Waals surface area contributed by atoms with Crippen LogP contribution in [0.25, 0.3) is 110 Å². The van der Waals surface area contributed by atoms with Crippen molar-refractivity contribution in [3.05, 3.63) is 205 Å². The molecule has 1 aliphatic carbocycles. The van der Waals surface area contributed by atoms with Crippen molar-refractivity contribution in [2.75, 3.05) is 0 Å². The lowest BCUT2D eigenvalue weighted by molar-refractivity contribution is 0.661. The van der Waals surface area contributed by atoms with E-state index in [4.69, 9.17) is 4.42 Å². The Morgan fingerprint density at radius 3 is 1.64 bits per heavy atom. The second kappa shape index (κ2) is 12.4. The first-order chi connectivity index (χ1) is 28.5.